The number of hydrogen-bond donors (Lipinski definition) is 0. The molecule has 0 saturated carbocycles. The lowest BCUT2D eigenvalue weighted by Crippen LogP contribution is -2.29. The van der Waals surface area contributed by atoms with E-state index in [9.17, 15) is 4.79 Å². The van der Waals surface area contributed by atoms with Gasteiger partial charge in [-0.1, -0.05) is 24.6 Å². The normalized spacial score (nSPS) is 11.6. The molecule has 21 heavy (non-hydrogen) atoms. The van der Waals surface area contributed by atoms with Gasteiger partial charge < -0.3 is 4.42 Å². The van der Waals surface area contributed by atoms with Crippen LogP contribution in [0.5, 0.6) is 0 Å². The zero-order valence-electron chi connectivity index (χ0n) is 11.6. The van der Waals surface area contributed by atoms with Gasteiger partial charge in [0, 0.05) is 22.5 Å². The van der Waals surface area contributed by atoms with Crippen LogP contribution in [-0.4, -0.2) is 16.0 Å². The molecule has 0 aliphatic carbocycles. The highest BCUT2D eigenvalue weighted by Crippen LogP contribution is 2.19. The highest BCUT2D eigenvalue weighted by molar-refractivity contribution is 7.09. The molecule has 110 valence electrons. The van der Waals surface area contributed by atoms with Crippen LogP contribution < -0.4 is 5.76 Å². The predicted octanol–water partition coefficient (Wildman–Crippen LogP) is 3.79. The van der Waals surface area contributed by atoms with Crippen molar-refractivity contribution in [1.29, 1.82) is 0 Å². The molecule has 3 rings (SSSR count). The van der Waals surface area contributed by atoms with Crippen LogP contribution in [0.1, 0.15) is 11.8 Å². The van der Waals surface area contributed by atoms with E-state index in [4.69, 9.17) is 16.0 Å². The average Bonchev–Trinajstić information content (AvgIpc) is 3.06. The highest BCUT2D eigenvalue weighted by Gasteiger charge is 2.13. The Morgan fingerprint density at radius 1 is 1.38 bits per heavy atom. The first-order valence-corrected chi connectivity index (χ1v) is 7.96. The number of rotatable bonds is 5. The maximum Gasteiger partial charge on any atom is 0.421 e. The van der Waals surface area contributed by atoms with Crippen LogP contribution in [0.15, 0.2) is 44.9 Å². The van der Waals surface area contributed by atoms with E-state index in [0.29, 0.717) is 17.3 Å². The van der Waals surface area contributed by atoms with Crippen LogP contribution in [0, 0.1) is 0 Å². The molecule has 0 aliphatic rings. The summed E-state index contributed by atoms with van der Waals surface area (Å²) in [7, 11) is 0. The van der Waals surface area contributed by atoms with Crippen LogP contribution in [0.3, 0.4) is 0 Å². The monoisotopic (exact) mass is 322 g/mol. The Labute approximate surface area is 131 Å². The molecule has 0 amide bonds. The van der Waals surface area contributed by atoms with E-state index in [1.165, 1.54) is 4.88 Å². The van der Waals surface area contributed by atoms with E-state index in [2.05, 4.69) is 23.3 Å². The molecular formula is C15H15ClN2O2S. The SMILES string of the molecule is CCN(Cc1cccs1)Cn1c(=O)oc2cc(Cl)ccc21. The minimum Gasteiger partial charge on any atom is -0.408 e. The van der Waals surface area contributed by atoms with Gasteiger partial charge in [0.25, 0.3) is 0 Å². The lowest BCUT2D eigenvalue weighted by molar-refractivity contribution is 0.218. The van der Waals surface area contributed by atoms with E-state index >= 15 is 0 Å². The van der Waals surface area contributed by atoms with Crippen molar-refractivity contribution in [1.82, 2.24) is 9.47 Å². The van der Waals surface area contributed by atoms with Gasteiger partial charge in [0.15, 0.2) is 5.58 Å². The molecule has 0 aliphatic heterocycles. The van der Waals surface area contributed by atoms with Crippen LogP contribution in [0.25, 0.3) is 11.1 Å². The molecule has 0 radical (unpaired) electrons. The summed E-state index contributed by atoms with van der Waals surface area (Å²) in [5, 5.41) is 2.62. The summed E-state index contributed by atoms with van der Waals surface area (Å²) in [5.74, 6) is -0.350. The molecular weight excluding hydrogens is 308 g/mol. The fourth-order valence-corrected chi connectivity index (χ4v) is 3.17. The Morgan fingerprint density at radius 2 is 2.24 bits per heavy atom. The summed E-state index contributed by atoms with van der Waals surface area (Å²) < 4.78 is 6.90. The van der Waals surface area contributed by atoms with Crippen molar-refractivity contribution in [2.45, 2.75) is 20.1 Å². The van der Waals surface area contributed by atoms with Crippen molar-refractivity contribution in [2.75, 3.05) is 6.54 Å². The second-order valence-electron chi connectivity index (χ2n) is 4.77. The molecule has 0 atom stereocenters. The van der Waals surface area contributed by atoms with Crippen LogP contribution in [0.2, 0.25) is 5.02 Å². The Hall–Kier alpha value is -1.56. The van der Waals surface area contributed by atoms with Crippen molar-refractivity contribution >= 4 is 34.0 Å². The lowest BCUT2D eigenvalue weighted by atomic mass is 10.3. The standard InChI is InChI=1S/C15H15ClN2O2S/c1-2-17(9-12-4-3-7-21-12)10-18-13-6-5-11(16)8-14(13)20-15(18)19/h3-8H,2,9-10H2,1H3. The van der Waals surface area contributed by atoms with Gasteiger partial charge in [-0.25, -0.2) is 4.79 Å². The third-order valence-electron chi connectivity index (χ3n) is 3.38. The number of hydrogen-bond acceptors (Lipinski definition) is 4. The molecule has 0 bridgehead atoms. The minimum absolute atomic E-state index is 0.350. The number of nitrogens with zero attached hydrogens (tertiary/aromatic N) is 2. The summed E-state index contributed by atoms with van der Waals surface area (Å²) in [6.07, 6.45) is 0. The Morgan fingerprint density at radius 3 is 2.95 bits per heavy atom. The summed E-state index contributed by atoms with van der Waals surface area (Å²) in [6, 6.07) is 9.40. The quantitative estimate of drug-likeness (QED) is 0.717. The largest absolute Gasteiger partial charge is 0.421 e. The maximum absolute atomic E-state index is 12.0. The second-order valence-corrected chi connectivity index (χ2v) is 6.24. The third kappa shape index (κ3) is 3.05. The first kappa shape index (κ1) is 14.4. The van der Waals surface area contributed by atoms with Crippen molar-refractivity contribution in [3.63, 3.8) is 0 Å². The minimum atomic E-state index is -0.350. The number of oxazole rings is 1. The van der Waals surface area contributed by atoms with Gasteiger partial charge in [0.05, 0.1) is 12.2 Å². The molecule has 0 saturated heterocycles. The van der Waals surface area contributed by atoms with E-state index in [-0.39, 0.29) is 5.76 Å². The van der Waals surface area contributed by atoms with Gasteiger partial charge in [0.1, 0.15) is 0 Å². The van der Waals surface area contributed by atoms with Crippen molar-refractivity contribution in [3.8, 4) is 0 Å². The smallest absolute Gasteiger partial charge is 0.408 e. The van der Waals surface area contributed by atoms with Crippen molar-refractivity contribution in [3.05, 3.63) is 56.2 Å². The first-order valence-electron chi connectivity index (χ1n) is 6.71. The number of halogens is 1. The molecule has 0 spiro atoms. The Kier molecular flexibility index (Phi) is 4.14. The van der Waals surface area contributed by atoms with E-state index in [0.717, 1.165) is 18.6 Å². The number of fused-ring (bicyclic) bond motifs is 1. The van der Waals surface area contributed by atoms with Gasteiger partial charge in [-0.2, -0.15) is 0 Å². The van der Waals surface area contributed by atoms with Crippen LogP contribution in [-0.2, 0) is 13.2 Å². The van der Waals surface area contributed by atoms with Crippen LogP contribution >= 0.6 is 22.9 Å². The topological polar surface area (TPSA) is 38.4 Å². The Bertz CT molecular complexity index is 792. The first-order chi connectivity index (χ1) is 10.2. The summed E-state index contributed by atoms with van der Waals surface area (Å²) in [6.45, 7) is 4.26. The molecule has 0 N–H and O–H groups in total. The Balaban J connectivity index is 1.89. The molecule has 2 heterocycles. The molecule has 3 aromatic rings. The zero-order valence-corrected chi connectivity index (χ0v) is 13.2. The van der Waals surface area contributed by atoms with Gasteiger partial charge in [-0.3, -0.25) is 9.47 Å². The van der Waals surface area contributed by atoms with Crippen molar-refractivity contribution < 1.29 is 4.42 Å². The second kappa shape index (κ2) is 6.05. The number of thiophene rings is 1. The van der Waals surface area contributed by atoms with Crippen molar-refractivity contribution in [2.24, 2.45) is 0 Å². The molecule has 6 heteroatoms. The summed E-state index contributed by atoms with van der Waals surface area (Å²) >= 11 is 7.65. The number of benzene rings is 1. The fraction of sp³-hybridized carbons (Fsp3) is 0.267. The summed E-state index contributed by atoms with van der Waals surface area (Å²) in [4.78, 5) is 15.5. The van der Waals surface area contributed by atoms with Gasteiger partial charge in [0.2, 0.25) is 0 Å². The molecule has 1 aromatic carbocycles. The van der Waals surface area contributed by atoms with E-state index < -0.39 is 0 Å². The molecule has 0 unspecified atom stereocenters. The van der Waals surface area contributed by atoms with Crippen LogP contribution in [0.4, 0.5) is 0 Å². The fourth-order valence-electron chi connectivity index (χ4n) is 2.26. The zero-order chi connectivity index (χ0) is 14.8. The van der Waals surface area contributed by atoms with Gasteiger partial charge in [-0.15, -0.1) is 11.3 Å². The van der Waals surface area contributed by atoms with Gasteiger partial charge >= 0.3 is 5.76 Å². The highest BCUT2D eigenvalue weighted by atomic mass is 35.5. The summed E-state index contributed by atoms with van der Waals surface area (Å²) in [5.41, 5.74) is 1.30. The molecule has 0 fully saturated rings. The van der Waals surface area contributed by atoms with Gasteiger partial charge in [-0.05, 0) is 30.1 Å². The molecule has 2 aromatic heterocycles. The lowest BCUT2D eigenvalue weighted by Gasteiger charge is -2.19. The maximum atomic E-state index is 12.0. The predicted molar refractivity (Wildman–Crippen MR) is 85.9 cm³/mol. The number of aromatic nitrogens is 1. The van der Waals surface area contributed by atoms with E-state index in [1.807, 2.05) is 12.1 Å². The average molecular weight is 323 g/mol. The molecule has 4 nitrogen and oxygen atoms in total. The van der Waals surface area contributed by atoms with E-state index in [1.54, 1.807) is 28.0 Å². The third-order valence-corrected chi connectivity index (χ3v) is 4.47.